The van der Waals surface area contributed by atoms with Gasteiger partial charge in [-0.05, 0) is 43.2 Å². The van der Waals surface area contributed by atoms with Crippen molar-refractivity contribution in [2.45, 2.75) is 70.0 Å². The van der Waals surface area contributed by atoms with Crippen molar-refractivity contribution in [1.29, 1.82) is 4.78 Å². The van der Waals surface area contributed by atoms with Gasteiger partial charge in [0.1, 0.15) is 0 Å². The van der Waals surface area contributed by atoms with Gasteiger partial charge in [0, 0.05) is 17.3 Å². The number of furan rings is 1. The molecule has 0 unspecified atom stereocenters. The molecule has 2 aromatic rings. The Morgan fingerprint density at radius 3 is 2.60 bits per heavy atom. The number of hydrogen-bond acceptors (Lipinski definition) is 5. The van der Waals surface area contributed by atoms with Crippen molar-refractivity contribution in [3.05, 3.63) is 47.2 Å². The molecule has 7 nitrogen and oxygen atoms in total. The van der Waals surface area contributed by atoms with Crippen LogP contribution < -0.4 is 10.0 Å². The first-order chi connectivity index (χ1) is 14.0. The number of urea groups is 1. The lowest BCUT2D eigenvalue weighted by atomic mass is 9.80. The second-order valence-corrected chi connectivity index (χ2v) is 10.6. The highest BCUT2D eigenvalue weighted by atomic mass is 32.2. The smallest absolute Gasteiger partial charge is 0.332 e. The average molecular weight is 434 g/mol. The minimum absolute atomic E-state index is 0.196. The summed E-state index contributed by atoms with van der Waals surface area (Å²) in [6.07, 6.45) is 5.77. The van der Waals surface area contributed by atoms with Crippen LogP contribution in [0.15, 0.2) is 40.0 Å². The zero-order valence-corrected chi connectivity index (χ0v) is 18.8. The Hall–Kier alpha value is -2.32. The maximum Gasteiger partial charge on any atom is 0.332 e. The highest BCUT2D eigenvalue weighted by Crippen LogP contribution is 2.35. The Kier molecular flexibility index (Phi) is 6.29. The highest BCUT2D eigenvalue weighted by Gasteiger charge is 2.25. The molecular weight excluding hydrogens is 402 g/mol. The lowest BCUT2D eigenvalue weighted by molar-refractivity contribution is 0.0779. The first kappa shape index (κ1) is 22.4. The quantitative estimate of drug-likeness (QED) is 0.485. The minimum Gasteiger partial charge on any atom is -0.452 e. The summed E-state index contributed by atoms with van der Waals surface area (Å²) in [7, 11) is -3.72. The van der Waals surface area contributed by atoms with Crippen molar-refractivity contribution >= 4 is 21.6 Å². The van der Waals surface area contributed by atoms with Gasteiger partial charge in [-0.25, -0.2) is 18.5 Å². The number of anilines is 1. The van der Waals surface area contributed by atoms with Crippen LogP contribution in [0.25, 0.3) is 0 Å². The molecule has 30 heavy (non-hydrogen) atoms. The summed E-state index contributed by atoms with van der Waals surface area (Å²) in [4.78, 5) is 12.7. The van der Waals surface area contributed by atoms with E-state index in [1.807, 2.05) is 18.2 Å². The van der Waals surface area contributed by atoms with Crippen molar-refractivity contribution in [2.24, 2.45) is 5.92 Å². The van der Waals surface area contributed by atoms with E-state index in [1.165, 1.54) is 31.6 Å². The number of para-hydroxylation sites is 1. The van der Waals surface area contributed by atoms with Gasteiger partial charge in [-0.1, -0.05) is 51.3 Å². The average Bonchev–Trinajstić information content (AvgIpc) is 3.09. The molecule has 1 atom stereocenters. The number of carbonyl (C=O) groups is 1. The molecule has 1 fully saturated rings. The second kappa shape index (κ2) is 8.43. The summed E-state index contributed by atoms with van der Waals surface area (Å²) in [5.74, 6) is 0.821. The van der Waals surface area contributed by atoms with Crippen LogP contribution in [0.4, 0.5) is 10.5 Å². The van der Waals surface area contributed by atoms with Gasteiger partial charge in [-0.3, -0.25) is 0 Å². The van der Waals surface area contributed by atoms with Gasteiger partial charge in [0.2, 0.25) is 5.09 Å². The van der Waals surface area contributed by atoms with E-state index in [9.17, 15) is 14.1 Å². The van der Waals surface area contributed by atoms with Crippen LogP contribution in [0, 0.1) is 10.7 Å². The van der Waals surface area contributed by atoms with Crippen LogP contribution in [-0.2, 0) is 21.9 Å². The molecule has 4 N–H and O–H groups in total. The van der Waals surface area contributed by atoms with Crippen LogP contribution >= 0.6 is 0 Å². The van der Waals surface area contributed by atoms with Crippen molar-refractivity contribution in [2.75, 3.05) is 5.32 Å². The number of carbonyl (C=O) groups excluding carboxylic acids is 1. The summed E-state index contributed by atoms with van der Waals surface area (Å²) >= 11 is 0. The molecule has 2 amide bonds. The number of benzene rings is 1. The Balaban J connectivity index is 1.80. The van der Waals surface area contributed by atoms with Gasteiger partial charge in [-0.15, -0.1) is 0 Å². The molecule has 3 rings (SSSR count). The molecule has 164 valence electrons. The maximum absolute atomic E-state index is 12.8. The molecular formula is C22H31N3O4S. The molecule has 1 aromatic carbocycles. The van der Waals surface area contributed by atoms with Crippen molar-refractivity contribution in [3.8, 4) is 0 Å². The Morgan fingerprint density at radius 2 is 2.07 bits per heavy atom. The van der Waals surface area contributed by atoms with Crippen LogP contribution in [0.2, 0.25) is 0 Å². The lowest BCUT2D eigenvalue weighted by Crippen LogP contribution is -2.34. The van der Waals surface area contributed by atoms with E-state index in [0.717, 1.165) is 23.2 Å². The number of aliphatic hydroxyl groups is 1. The van der Waals surface area contributed by atoms with E-state index in [-0.39, 0.29) is 11.0 Å². The normalized spacial score (nSPS) is 16.7. The molecule has 0 spiro atoms. The van der Waals surface area contributed by atoms with Crippen LogP contribution in [0.3, 0.4) is 0 Å². The zero-order valence-electron chi connectivity index (χ0n) is 18.0. The number of rotatable bonds is 7. The molecule has 1 aromatic heterocycles. The third-order valence-electron chi connectivity index (χ3n) is 5.58. The first-order valence-electron chi connectivity index (χ1n) is 10.3. The lowest BCUT2D eigenvalue weighted by Gasteiger charge is -2.27. The van der Waals surface area contributed by atoms with E-state index in [4.69, 9.17) is 9.20 Å². The molecule has 1 aliphatic carbocycles. The predicted molar refractivity (Wildman–Crippen MR) is 117 cm³/mol. The Bertz CT molecular complexity index is 1020. The molecule has 0 saturated heterocycles. The number of nitrogens with one attached hydrogen (secondary N) is 3. The van der Waals surface area contributed by atoms with Gasteiger partial charge in [0.05, 0.1) is 11.9 Å². The SMILES string of the molecule is CC(C)c1cccc(CC2CCC2)c1NC(=O)N[S@](=N)(=O)c1cc(C(C)(C)O)co1. The van der Waals surface area contributed by atoms with Gasteiger partial charge < -0.3 is 14.8 Å². The standard InChI is InChI=1S/C22H31N3O4S/c1-14(2)18-10-6-9-16(11-15-7-5-8-15)20(18)24-21(26)25-30(23,28)19-12-17(13-29-19)22(3,4)27/h6,9-10,12-15,27H,5,7-8,11H2,1-4H3,(H3,23,24,25,26,28)/t30-/m0/s1. The summed E-state index contributed by atoms with van der Waals surface area (Å²) in [6.45, 7) is 7.22. The fraction of sp³-hybridized carbons (Fsp3) is 0.500. The Morgan fingerprint density at radius 1 is 1.37 bits per heavy atom. The molecule has 0 radical (unpaired) electrons. The largest absolute Gasteiger partial charge is 0.452 e. The van der Waals surface area contributed by atoms with Gasteiger partial charge in [-0.2, -0.15) is 0 Å². The first-order valence-corrected chi connectivity index (χ1v) is 11.8. The van der Waals surface area contributed by atoms with Gasteiger partial charge in [0.25, 0.3) is 0 Å². The fourth-order valence-electron chi connectivity index (χ4n) is 3.54. The van der Waals surface area contributed by atoms with Crippen molar-refractivity contribution in [1.82, 2.24) is 4.72 Å². The molecule has 1 aliphatic rings. The van der Waals surface area contributed by atoms with Gasteiger partial charge in [0.15, 0.2) is 9.92 Å². The summed E-state index contributed by atoms with van der Waals surface area (Å²) in [6, 6.07) is 6.60. The molecule has 1 saturated carbocycles. The maximum atomic E-state index is 12.8. The van der Waals surface area contributed by atoms with E-state index >= 15 is 0 Å². The molecule has 1 heterocycles. The highest BCUT2D eigenvalue weighted by molar-refractivity contribution is 7.91. The van der Waals surface area contributed by atoms with Crippen LogP contribution in [0.5, 0.6) is 0 Å². The van der Waals surface area contributed by atoms with E-state index in [2.05, 4.69) is 23.9 Å². The summed E-state index contributed by atoms with van der Waals surface area (Å²) in [5, 5.41) is 12.7. The van der Waals surface area contributed by atoms with Gasteiger partial charge >= 0.3 is 6.03 Å². The topological polar surface area (TPSA) is 115 Å². The fourth-order valence-corrected chi connectivity index (χ4v) is 4.43. The summed E-state index contributed by atoms with van der Waals surface area (Å²) < 4.78 is 28.3. The monoisotopic (exact) mass is 433 g/mol. The van der Waals surface area contributed by atoms with E-state index in [0.29, 0.717) is 11.5 Å². The van der Waals surface area contributed by atoms with Crippen molar-refractivity contribution in [3.63, 3.8) is 0 Å². The Labute approximate surface area is 178 Å². The van der Waals surface area contributed by atoms with Crippen LogP contribution in [-0.4, -0.2) is 15.3 Å². The second-order valence-electron chi connectivity index (χ2n) is 8.86. The van der Waals surface area contributed by atoms with Crippen LogP contribution in [0.1, 0.15) is 69.6 Å². The number of hydrogen-bond donors (Lipinski definition) is 4. The molecule has 8 heteroatoms. The van der Waals surface area contributed by atoms with Crippen molar-refractivity contribution < 1.29 is 18.5 Å². The van der Waals surface area contributed by atoms with E-state index < -0.39 is 21.5 Å². The molecule has 0 aliphatic heterocycles. The molecule has 0 bridgehead atoms. The third kappa shape index (κ3) is 5.05. The van der Waals surface area contributed by atoms with E-state index in [1.54, 1.807) is 13.8 Å². The minimum atomic E-state index is -3.72. The third-order valence-corrected chi connectivity index (χ3v) is 6.83. The predicted octanol–water partition coefficient (Wildman–Crippen LogP) is 5.12. The number of amides is 2. The summed E-state index contributed by atoms with van der Waals surface area (Å²) in [5.41, 5.74) is 1.96. The zero-order chi connectivity index (χ0) is 22.1.